The van der Waals surface area contributed by atoms with E-state index in [1.807, 2.05) is 31.2 Å². The molecule has 3 aromatic rings. The van der Waals surface area contributed by atoms with Gasteiger partial charge in [0.15, 0.2) is 0 Å². The number of carbonyl (C=O) groups is 1. The topological polar surface area (TPSA) is 46.9 Å². The van der Waals surface area contributed by atoms with Gasteiger partial charge in [-0.2, -0.15) is 0 Å². The van der Waals surface area contributed by atoms with Crippen LogP contribution in [0, 0.1) is 0 Å². The molecule has 0 unspecified atom stereocenters. The molecule has 5 heteroatoms. The Bertz CT molecular complexity index is 839. The fraction of sp³-hybridized carbons (Fsp3) is 0.222. The standard InChI is InChI=1S/C18H18ClN3O/c1-3-22-16-7-5-4-6-15(16)21-17(22)12(2)20-18(23)13-8-10-14(19)11-9-13/h4-12H,3H2,1-2H3,(H,20,23)/t12-/m0/s1. The predicted octanol–water partition coefficient (Wildman–Crippen LogP) is 4.20. The number of carbonyl (C=O) groups excluding carboxylic acids is 1. The molecule has 2 aromatic carbocycles. The van der Waals surface area contributed by atoms with Crippen LogP contribution in [0.1, 0.15) is 36.1 Å². The molecule has 4 nitrogen and oxygen atoms in total. The van der Waals surface area contributed by atoms with Crippen LogP contribution in [-0.2, 0) is 6.54 Å². The van der Waals surface area contributed by atoms with Crippen LogP contribution >= 0.6 is 11.6 Å². The molecule has 118 valence electrons. The van der Waals surface area contributed by atoms with Crippen LogP contribution in [0.5, 0.6) is 0 Å². The van der Waals surface area contributed by atoms with Gasteiger partial charge in [0.25, 0.3) is 5.91 Å². The highest BCUT2D eigenvalue weighted by atomic mass is 35.5. The molecule has 0 fully saturated rings. The Morgan fingerprint density at radius 3 is 2.61 bits per heavy atom. The smallest absolute Gasteiger partial charge is 0.251 e. The van der Waals surface area contributed by atoms with Crippen molar-refractivity contribution in [2.75, 3.05) is 0 Å². The first-order valence-corrected chi connectivity index (χ1v) is 7.99. The van der Waals surface area contributed by atoms with E-state index in [1.54, 1.807) is 24.3 Å². The Kier molecular flexibility index (Phi) is 4.35. The first kappa shape index (κ1) is 15.6. The van der Waals surface area contributed by atoms with Crippen LogP contribution in [0.3, 0.4) is 0 Å². The minimum atomic E-state index is -0.189. The van der Waals surface area contributed by atoms with Crippen molar-refractivity contribution < 1.29 is 4.79 Å². The number of amides is 1. The summed E-state index contributed by atoms with van der Waals surface area (Å²) in [6, 6.07) is 14.7. The van der Waals surface area contributed by atoms with Crippen LogP contribution in [0.15, 0.2) is 48.5 Å². The largest absolute Gasteiger partial charge is 0.342 e. The molecule has 0 aliphatic rings. The molecule has 23 heavy (non-hydrogen) atoms. The second kappa shape index (κ2) is 6.42. The average molecular weight is 328 g/mol. The number of fused-ring (bicyclic) bond motifs is 1. The fourth-order valence-electron chi connectivity index (χ4n) is 2.70. The maximum Gasteiger partial charge on any atom is 0.251 e. The number of nitrogens with zero attached hydrogens (tertiary/aromatic N) is 2. The molecular weight excluding hydrogens is 310 g/mol. The molecule has 0 spiro atoms. The zero-order valence-corrected chi connectivity index (χ0v) is 13.8. The van der Waals surface area contributed by atoms with E-state index in [-0.39, 0.29) is 11.9 Å². The SMILES string of the molecule is CCn1c([C@H](C)NC(=O)c2ccc(Cl)cc2)nc2ccccc21. The Balaban J connectivity index is 1.87. The van der Waals surface area contributed by atoms with E-state index in [1.165, 1.54) is 0 Å². The highest BCUT2D eigenvalue weighted by Gasteiger charge is 2.18. The molecule has 0 bridgehead atoms. The minimum absolute atomic E-state index is 0.135. The highest BCUT2D eigenvalue weighted by molar-refractivity contribution is 6.30. The van der Waals surface area contributed by atoms with Crippen LogP contribution in [0.4, 0.5) is 0 Å². The summed E-state index contributed by atoms with van der Waals surface area (Å²) in [5, 5.41) is 3.62. The Morgan fingerprint density at radius 2 is 1.91 bits per heavy atom. The molecule has 0 aliphatic heterocycles. The van der Waals surface area contributed by atoms with Gasteiger partial charge in [0.1, 0.15) is 5.82 Å². The number of hydrogen-bond donors (Lipinski definition) is 1. The number of rotatable bonds is 4. The number of benzene rings is 2. The van der Waals surface area contributed by atoms with Crippen molar-refractivity contribution in [3.05, 3.63) is 64.9 Å². The first-order chi connectivity index (χ1) is 11.1. The molecule has 1 heterocycles. The van der Waals surface area contributed by atoms with Gasteiger partial charge in [-0.05, 0) is 50.2 Å². The van der Waals surface area contributed by atoms with Crippen molar-refractivity contribution in [1.82, 2.24) is 14.9 Å². The zero-order valence-electron chi connectivity index (χ0n) is 13.1. The van der Waals surface area contributed by atoms with Crippen LogP contribution in [0.25, 0.3) is 11.0 Å². The number of halogens is 1. The summed E-state index contributed by atoms with van der Waals surface area (Å²) in [6.07, 6.45) is 0. The van der Waals surface area contributed by atoms with Gasteiger partial charge >= 0.3 is 0 Å². The lowest BCUT2D eigenvalue weighted by molar-refractivity contribution is 0.0937. The number of aromatic nitrogens is 2. The lowest BCUT2D eigenvalue weighted by Gasteiger charge is -2.15. The van der Waals surface area contributed by atoms with E-state index in [4.69, 9.17) is 11.6 Å². The number of para-hydroxylation sites is 2. The molecule has 3 rings (SSSR count). The van der Waals surface area contributed by atoms with Gasteiger partial charge in [-0.1, -0.05) is 23.7 Å². The Hall–Kier alpha value is -2.33. The second-order valence-electron chi connectivity index (χ2n) is 5.41. The van der Waals surface area contributed by atoms with Gasteiger partial charge < -0.3 is 9.88 Å². The average Bonchev–Trinajstić information content (AvgIpc) is 2.94. The van der Waals surface area contributed by atoms with E-state index < -0.39 is 0 Å². The summed E-state index contributed by atoms with van der Waals surface area (Å²) < 4.78 is 2.13. The number of aryl methyl sites for hydroxylation is 1. The van der Waals surface area contributed by atoms with Gasteiger partial charge in [-0.3, -0.25) is 4.79 Å². The molecule has 0 saturated carbocycles. The highest BCUT2D eigenvalue weighted by Crippen LogP contribution is 2.21. The monoisotopic (exact) mass is 327 g/mol. The third-order valence-corrected chi connectivity index (χ3v) is 4.09. The summed E-state index contributed by atoms with van der Waals surface area (Å²) >= 11 is 5.86. The van der Waals surface area contributed by atoms with Crippen LogP contribution in [-0.4, -0.2) is 15.5 Å². The van der Waals surface area contributed by atoms with Gasteiger partial charge in [0.2, 0.25) is 0 Å². The van der Waals surface area contributed by atoms with Gasteiger partial charge in [0.05, 0.1) is 17.1 Å². The fourth-order valence-corrected chi connectivity index (χ4v) is 2.83. The maximum atomic E-state index is 12.4. The first-order valence-electron chi connectivity index (χ1n) is 7.61. The van der Waals surface area contributed by atoms with Crippen molar-refractivity contribution in [3.8, 4) is 0 Å². The second-order valence-corrected chi connectivity index (χ2v) is 5.84. The van der Waals surface area contributed by atoms with Crippen LogP contribution in [0.2, 0.25) is 5.02 Å². The van der Waals surface area contributed by atoms with Crippen molar-refractivity contribution in [1.29, 1.82) is 0 Å². The lowest BCUT2D eigenvalue weighted by atomic mass is 10.2. The summed E-state index contributed by atoms with van der Waals surface area (Å²) in [6.45, 7) is 4.82. The summed E-state index contributed by atoms with van der Waals surface area (Å²) in [4.78, 5) is 17.0. The van der Waals surface area contributed by atoms with Gasteiger partial charge in [-0.25, -0.2) is 4.98 Å². The van der Waals surface area contributed by atoms with E-state index in [0.29, 0.717) is 10.6 Å². The Morgan fingerprint density at radius 1 is 1.22 bits per heavy atom. The number of imidazole rings is 1. The predicted molar refractivity (Wildman–Crippen MR) is 92.7 cm³/mol. The zero-order chi connectivity index (χ0) is 16.4. The molecule has 1 N–H and O–H groups in total. The van der Waals surface area contributed by atoms with Crippen molar-refractivity contribution in [3.63, 3.8) is 0 Å². The van der Waals surface area contributed by atoms with E-state index in [0.717, 1.165) is 23.4 Å². The van der Waals surface area contributed by atoms with E-state index in [2.05, 4.69) is 21.8 Å². The van der Waals surface area contributed by atoms with Crippen molar-refractivity contribution in [2.45, 2.75) is 26.4 Å². The van der Waals surface area contributed by atoms with E-state index >= 15 is 0 Å². The minimum Gasteiger partial charge on any atom is -0.342 e. The molecular formula is C18H18ClN3O. The normalized spacial score (nSPS) is 12.3. The van der Waals surface area contributed by atoms with Gasteiger partial charge in [0, 0.05) is 17.1 Å². The van der Waals surface area contributed by atoms with Gasteiger partial charge in [-0.15, -0.1) is 0 Å². The third-order valence-electron chi connectivity index (χ3n) is 3.84. The van der Waals surface area contributed by atoms with Crippen LogP contribution < -0.4 is 5.32 Å². The van der Waals surface area contributed by atoms with Crippen molar-refractivity contribution in [2.24, 2.45) is 0 Å². The third kappa shape index (κ3) is 3.08. The number of hydrogen-bond acceptors (Lipinski definition) is 2. The van der Waals surface area contributed by atoms with Crippen molar-refractivity contribution >= 4 is 28.5 Å². The molecule has 0 radical (unpaired) electrons. The Labute approximate surface area is 140 Å². The molecule has 0 aliphatic carbocycles. The molecule has 1 aromatic heterocycles. The molecule has 1 amide bonds. The summed E-state index contributed by atoms with van der Waals surface area (Å²) in [7, 11) is 0. The summed E-state index contributed by atoms with van der Waals surface area (Å²) in [5.74, 6) is 0.722. The lowest BCUT2D eigenvalue weighted by Crippen LogP contribution is -2.28. The summed E-state index contributed by atoms with van der Waals surface area (Å²) in [5.41, 5.74) is 2.61. The molecule has 0 saturated heterocycles. The maximum absolute atomic E-state index is 12.4. The van der Waals surface area contributed by atoms with E-state index in [9.17, 15) is 4.79 Å². The quantitative estimate of drug-likeness (QED) is 0.780. The number of nitrogens with one attached hydrogen (secondary N) is 1. The molecule has 1 atom stereocenters.